The molecular weight excluding hydrogens is 277 g/mol. The SMILES string of the molecule is CCOC(=O)c1cc2c(F)cc(Br)cc2[nH]1. The molecule has 1 heterocycles. The van der Waals surface area contributed by atoms with Gasteiger partial charge in [0.2, 0.25) is 0 Å². The van der Waals surface area contributed by atoms with Crippen LogP contribution in [0.4, 0.5) is 4.39 Å². The smallest absolute Gasteiger partial charge is 0.354 e. The first-order chi connectivity index (χ1) is 7.61. The van der Waals surface area contributed by atoms with Crippen molar-refractivity contribution in [1.29, 1.82) is 0 Å². The molecule has 0 saturated heterocycles. The molecule has 0 fully saturated rings. The Hall–Kier alpha value is -1.36. The van der Waals surface area contributed by atoms with Crippen molar-refractivity contribution in [3.63, 3.8) is 0 Å². The highest BCUT2D eigenvalue weighted by Crippen LogP contribution is 2.24. The van der Waals surface area contributed by atoms with Crippen LogP contribution in [0, 0.1) is 5.82 Å². The average Bonchev–Trinajstić information content (AvgIpc) is 2.62. The number of aromatic nitrogens is 1. The Bertz CT molecular complexity index is 550. The molecule has 0 aliphatic rings. The summed E-state index contributed by atoms with van der Waals surface area (Å²) in [5, 5.41) is 0.381. The molecule has 0 spiro atoms. The minimum absolute atomic E-state index is 0.258. The molecule has 3 nitrogen and oxygen atoms in total. The summed E-state index contributed by atoms with van der Waals surface area (Å²) in [5.74, 6) is -0.856. The number of aromatic amines is 1. The van der Waals surface area contributed by atoms with Crippen molar-refractivity contribution in [2.45, 2.75) is 6.92 Å². The molecule has 1 N–H and O–H groups in total. The topological polar surface area (TPSA) is 42.1 Å². The van der Waals surface area contributed by atoms with Crippen molar-refractivity contribution in [3.8, 4) is 0 Å². The number of esters is 1. The van der Waals surface area contributed by atoms with Crippen molar-refractivity contribution in [2.24, 2.45) is 0 Å². The van der Waals surface area contributed by atoms with Gasteiger partial charge >= 0.3 is 5.97 Å². The van der Waals surface area contributed by atoms with Crippen molar-refractivity contribution in [3.05, 3.63) is 34.2 Å². The molecule has 0 atom stereocenters. The summed E-state index contributed by atoms with van der Waals surface area (Å²) in [7, 11) is 0. The number of carbonyl (C=O) groups is 1. The van der Waals surface area contributed by atoms with Crippen LogP contribution in [0.3, 0.4) is 0 Å². The van der Waals surface area contributed by atoms with Gasteiger partial charge < -0.3 is 9.72 Å². The lowest BCUT2D eigenvalue weighted by molar-refractivity contribution is 0.0520. The maximum Gasteiger partial charge on any atom is 0.354 e. The number of rotatable bonds is 2. The van der Waals surface area contributed by atoms with Gasteiger partial charge in [0.1, 0.15) is 11.5 Å². The maximum atomic E-state index is 13.5. The lowest BCUT2D eigenvalue weighted by Crippen LogP contribution is -2.04. The highest BCUT2D eigenvalue weighted by molar-refractivity contribution is 9.10. The fourth-order valence-corrected chi connectivity index (χ4v) is 1.91. The van der Waals surface area contributed by atoms with Crippen molar-refractivity contribution >= 4 is 32.8 Å². The fourth-order valence-electron chi connectivity index (χ4n) is 1.48. The van der Waals surface area contributed by atoms with Crippen molar-refractivity contribution in [2.75, 3.05) is 6.61 Å². The molecule has 2 rings (SSSR count). The summed E-state index contributed by atoms with van der Waals surface area (Å²) < 4.78 is 19.0. The van der Waals surface area contributed by atoms with Crippen LogP contribution in [0.1, 0.15) is 17.4 Å². The summed E-state index contributed by atoms with van der Waals surface area (Å²) in [6.07, 6.45) is 0. The predicted molar refractivity (Wildman–Crippen MR) is 61.9 cm³/mol. The van der Waals surface area contributed by atoms with E-state index in [2.05, 4.69) is 20.9 Å². The van der Waals surface area contributed by atoms with E-state index in [1.165, 1.54) is 12.1 Å². The first-order valence-electron chi connectivity index (χ1n) is 4.76. The van der Waals surface area contributed by atoms with Gasteiger partial charge in [0.05, 0.1) is 12.1 Å². The largest absolute Gasteiger partial charge is 0.461 e. The molecule has 1 aromatic carbocycles. The van der Waals surface area contributed by atoms with Gasteiger partial charge in [0, 0.05) is 9.86 Å². The van der Waals surface area contributed by atoms with Gasteiger partial charge in [-0.25, -0.2) is 9.18 Å². The molecule has 84 valence electrons. The number of hydrogen-bond acceptors (Lipinski definition) is 2. The number of ether oxygens (including phenoxy) is 1. The minimum atomic E-state index is -0.478. The Balaban J connectivity index is 2.51. The van der Waals surface area contributed by atoms with Crippen LogP contribution in [0.15, 0.2) is 22.7 Å². The van der Waals surface area contributed by atoms with Crippen LogP contribution in [-0.4, -0.2) is 17.6 Å². The third-order valence-corrected chi connectivity index (χ3v) is 2.61. The Morgan fingerprint density at radius 1 is 1.50 bits per heavy atom. The van der Waals surface area contributed by atoms with Crippen LogP contribution in [0.2, 0.25) is 0 Å². The number of H-pyrrole nitrogens is 1. The Morgan fingerprint density at radius 2 is 2.25 bits per heavy atom. The summed E-state index contributed by atoms with van der Waals surface area (Å²) in [5.41, 5.74) is 0.823. The lowest BCUT2D eigenvalue weighted by Gasteiger charge is -1.96. The second-order valence-corrected chi connectivity index (χ2v) is 4.17. The molecule has 0 bridgehead atoms. The van der Waals surface area contributed by atoms with E-state index in [9.17, 15) is 9.18 Å². The number of hydrogen-bond donors (Lipinski definition) is 1. The lowest BCUT2D eigenvalue weighted by atomic mass is 10.2. The van der Waals surface area contributed by atoms with Gasteiger partial charge in [-0.15, -0.1) is 0 Å². The zero-order valence-corrected chi connectivity index (χ0v) is 10.1. The van der Waals surface area contributed by atoms with Gasteiger partial charge in [0.25, 0.3) is 0 Å². The van der Waals surface area contributed by atoms with E-state index < -0.39 is 5.97 Å². The summed E-state index contributed by atoms with van der Waals surface area (Å²) in [4.78, 5) is 14.2. The van der Waals surface area contributed by atoms with Crippen LogP contribution in [-0.2, 0) is 4.74 Å². The van der Waals surface area contributed by atoms with Crippen LogP contribution in [0.5, 0.6) is 0 Å². The van der Waals surface area contributed by atoms with Crippen molar-refractivity contribution in [1.82, 2.24) is 4.98 Å². The number of nitrogens with one attached hydrogen (secondary N) is 1. The van der Waals surface area contributed by atoms with Crippen LogP contribution in [0.25, 0.3) is 10.9 Å². The molecule has 0 amide bonds. The normalized spacial score (nSPS) is 10.7. The first kappa shape index (κ1) is 11.1. The third kappa shape index (κ3) is 1.95. The molecule has 5 heteroatoms. The van der Waals surface area contributed by atoms with E-state index >= 15 is 0 Å². The van der Waals surface area contributed by atoms with E-state index in [4.69, 9.17) is 4.74 Å². The summed E-state index contributed by atoms with van der Waals surface area (Å²) in [6.45, 7) is 2.01. The Morgan fingerprint density at radius 3 is 2.94 bits per heavy atom. The van der Waals surface area contributed by atoms with E-state index in [0.29, 0.717) is 22.0 Å². The second kappa shape index (κ2) is 4.25. The molecule has 0 saturated carbocycles. The number of benzene rings is 1. The van der Waals surface area contributed by atoms with Crippen LogP contribution < -0.4 is 0 Å². The zero-order chi connectivity index (χ0) is 11.7. The van der Waals surface area contributed by atoms with Gasteiger partial charge in [-0.1, -0.05) is 15.9 Å². The van der Waals surface area contributed by atoms with Gasteiger partial charge in [-0.05, 0) is 25.1 Å². The average molecular weight is 286 g/mol. The van der Waals surface area contributed by atoms with E-state index in [1.54, 1.807) is 13.0 Å². The summed E-state index contributed by atoms with van der Waals surface area (Å²) in [6, 6.07) is 4.52. The monoisotopic (exact) mass is 285 g/mol. The van der Waals surface area contributed by atoms with E-state index in [-0.39, 0.29) is 11.5 Å². The van der Waals surface area contributed by atoms with Crippen LogP contribution >= 0.6 is 15.9 Å². The Labute approximate surface area is 99.7 Å². The molecule has 16 heavy (non-hydrogen) atoms. The van der Waals surface area contributed by atoms with Gasteiger partial charge in [-0.3, -0.25) is 0 Å². The molecule has 2 aromatic rings. The first-order valence-corrected chi connectivity index (χ1v) is 5.56. The van der Waals surface area contributed by atoms with Gasteiger partial charge in [-0.2, -0.15) is 0 Å². The summed E-state index contributed by atoms with van der Waals surface area (Å²) >= 11 is 3.18. The Kier molecular flexibility index (Phi) is 2.96. The zero-order valence-electron chi connectivity index (χ0n) is 8.51. The number of halogens is 2. The number of fused-ring (bicyclic) bond motifs is 1. The highest BCUT2D eigenvalue weighted by atomic mass is 79.9. The maximum absolute atomic E-state index is 13.5. The molecular formula is C11H9BrFNO2. The minimum Gasteiger partial charge on any atom is -0.461 e. The van der Waals surface area contributed by atoms with Gasteiger partial charge in [0.15, 0.2) is 0 Å². The molecule has 0 radical (unpaired) electrons. The predicted octanol–water partition coefficient (Wildman–Crippen LogP) is 3.25. The molecule has 0 unspecified atom stereocenters. The van der Waals surface area contributed by atoms with E-state index in [1.807, 2.05) is 0 Å². The quantitative estimate of drug-likeness (QED) is 0.861. The second-order valence-electron chi connectivity index (χ2n) is 3.25. The fraction of sp³-hybridized carbons (Fsp3) is 0.182. The standard InChI is InChI=1S/C11H9BrFNO2/c1-2-16-11(15)10-5-7-8(13)3-6(12)4-9(7)14-10/h3-5,14H,2H2,1H3. The van der Waals surface area contributed by atoms with E-state index in [0.717, 1.165) is 0 Å². The number of carbonyl (C=O) groups excluding carboxylic acids is 1. The van der Waals surface area contributed by atoms with Crippen molar-refractivity contribution < 1.29 is 13.9 Å². The highest BCUT2D eigenvalue weighted by Gasteiger charge is 2.13. The molecule has 0 aliphatic carbocycles. The molecule has 1 aromatic heterocycles. The third-order valence-electron chi connectivity index (χ3n) is 2.15. The molecule has 0 aliphatic heterocycles.